The molecule has 0 saturated heterocycles. The average Bonchev–Trinajstić information content (AvgIpc) is 2.94. The molecule has 0 aliphatic heterocycles. The summed E-state index contributed by atoms with van der Waals surface area (Å²) in [6.07, 6.45) is -9.25. The first kappa shape index (κ1) is 18.2. The van der Waals surface area contributed by atoms with Gasteiger partial charge in [0.15, 0.2) is 5.69 Å². The van der Waals surface area contributed by atoms with Crippen molar-refractivity contribution in [3.63, 3.8) is 0 Å². The van der Waals surface area contributed by atoms with Crippen molar-refractivity contribution in [2.75, 3.05) is 7.11 Å². The molecule has 0 radical (unpaired) electrons. The second kappa shape index (κ2) is 5.42. The number of nitrogens with zero attached hydrogens (tertiary/aromatic N) is 2. The Balaban J connectivity index is 2.05. The van der Waals surface area contributed by atoms with E-state index < -0.39 is 72.2 Å². The largest absolute Gasteiger partial charge is 0.435 e. The number of fused-ring (bicyclic) bond motifs is 1. The molecule has 1 heterocycles. The van der Waals surface area contributed by atoms with E-state index >= 15 is 0 Å². The fraction of sp³-hybridized carbons (Fsp3) is 0.714. The Labute approximate surface area is 136 Å². The van der Waals surface area contributed by atoms with Crippen LogP contribution in [0.3, 0.4) is 0 Å². The minimum Gasteiger partial charge on any atom is -0.375 e. The maximum absolute atomic E-state index is 13.7. The number of Topliss-reactive ketones (excluding diaryl/α,β-unsaturated/α-hetero) is 1. The van der Waals surface area contributed by atoms with Crippen molar-refractivity contribution in [2.45, 2.75) is 55.9 Å². The summed E-state index contributed by atoms with van der Waals surface area (Å²) < 4.78 is 99.3. The highest BCUT2D eigenvalue weighted by Crippen LogP contribution is 2.46. The van der Waals surface area contributed by atoms with E-state index in [9.17, 15) is 35.5 Å². The molecule has 2 aliphatic rings. The maximum atomic E-state index is 13.7. The molecular formula is C14H13F7N2O2. The molecule has 1 aromatic heterocycles. The predicted molar refractivity (Wildman–Crippen MR) is 68.8 cm³/mol. The van der Waals surface area contributed by atoms with Crippen LogP contribution in [0.5, 0.6) is 0 Å². The van der Waals surface area contributed by atoms with Crippen molar-refractivity contribution >= 4 is 5.78 Å². The van der Waals surface area contributed by atoms with Gasteiger partial charge in [0.05, 0.1) is 23.7 Å². The van der Waals surface area contributed by atoms with Crippen LogP contribution in [0.15, 0.2) is 0 Å². The lowest BCUT2D eigenvalue weighted by Crippen LogP contribution is -2.42. The van der Waals surface area contributed by atoms with E-state index in [0.29, 0.717) is 4.68 Å². The molecule has 25 heavy (non-hydrogen) atoms. The van der Waals surface area contributed by atoms with E-state index in [-0.39, 0.29) is 6.42 Å². The Morgan fingerprint density at radius 3 is 2.44 bits per heavy atom. The van der Waals surface area contributed by atoms with Crippen LogP contribution in [-0.4, -0.2) is 40.6 Å². The minimum atomic E-state index is -5.11. The van der Waals surface area contributed by atoms with Crippen molar-refractivity contribution in [3.8, 4) is 0 Å². The molecule has 3 rings (SSSR count). The summed E-state index contributed by atoms with van der Waals surface area (Å²) in [6, 6.07) is -0.990. The molecule has 0 spiro atoms. The highest BCUT2D eigenvalue weighted by Gasteiger charge is 2.56. The number of methoxy groups -OCH3 is 1. The topological polar surface area (TPSA) is 44.1 Å². The first-order valence-electron chi connectivity index (χ1n) is 7.40. The molecule has 2 aliphatic carbocycles. The monoisotopic (exact) mass is 374 g/mol. The quantitative estimate of drug-likeness (QED) is 0.743. The van der Waals surface area contributed by atoms with Gasteiger partial charge in [-0.2, -0.15) is 27.1 Å². The molecule has 11 heteroatoms. The van der Waals surface area contributed by atoms with Crippen molar-refractivity contribution in [3.05, 3.63) is 17.0 Å². The van der Waals surface area contributed by atoms with Crippen LogP contribution in [0.4, 0.5) is 30.7 Å². The van der Waals surface area contributed by atoms with Gasteiger partial charge in [-0.3, -0.25) is 9.48 Å². The molecule has 2 atom stereocenters. The number of ether oxygens (including phenoxy) is 1. The number of carbonyl (C=O) groups excluding carboxylic acids is 1. The summed E-state index contributed by atoms with van der Waals surface area (Å²) in [5.41, 5.74) is -3.42. The number of rotatable bonds is 2. The molecule has 140 valence electrons. The summed E-state index contributed by atoms with van der Waals surface area (Å²) in [5.74, 6) is -9.08. The lowest BCUT2D eigenvalue weighted by atomic mass is 9.89. The molecule has 0 aromatic carbocycles. The van der Waals surface area contributed by atoms with Gasteiger partial charge in [0, 0.05) is 20.0 Å². The Hall–Kier alpha value is -1.65. The van der Waals surface area contributed by atoms with Crippen LogP contribution < -0.4 is 0 Å². The highest BCUT2D eigenvalue weighted by atomic mass is 19.4. The molecule has 1 saturated carbocycles. The summed E-state index contributed by atoms with van der Waals surface area (Å²) in [6.45, 7) is 0. The van der Waals surface area contributed by atoms with Crippen LogP contribution in [-0.2, 0) is 17.3 Å². The number of carbonyl (C=O) groups is 1. The molecule has 0 amide bonds. The third kappa shape index (κ3) is 2.81. The van der Waals surface area contributed by atoms with Crippen LogP contribution in [0.1, 0.15) is 47.1 Å². The van der Waals surface area contributed by atoms with Gasteiger partial charge in [0.25, 0.3) is 5.92 Å². The lowest BCUT2D eigenvalue weighted by molar-refractivity contribution is -0.155. The second-order valence-corrected chi connectivity index (χ2v) is 6.24. The number of ketones is 1. The predicted octanol–water partition coefficient (Wildman–Crippen LogP) is 3.65. The van der Waals surface area contributed by atoms with Crippen LogP contribution >= 0.6 is 0 Å². The van der Waals surface area contributed by atoms with Gasteiger partial charge in [-0.15, -0.1) is 0 Å². The second-order valence-electron chi connectivity index (χ2n) is 6.24. The fourth-order valence-corrected chi connectivity index (χ4v) is 3.40. The number of alkyl halides is 7. The normalized spacial score (nSPS) is 28.2. The van der Waals surface area contributed by atoms with Crippen molar-refractivity contribution in [1.82, 2.24) is 9.78 Å². The number of hydrogen-bond donors (Lipinski definition) is 0. The van der Waals surface area contributed by atoms with Crippen molar-refractivity contribution in [1.29, 1.82) is 0 Å². The zero-order valence-electron chi connectivity index (χ0n) is 12.8. The fourth-order valence-electron chi connectivity index (χ4n) is 3.40. The molecule has 1 aromatic rings. The standard InChI is InChI=1S/C14H13F7N2O2/c1-25-8-4-6(2-3-12(8,15)16)23-7-5-13(17,18)11(24)9(7)10(22-23)14(19,20)21/h6,8H,2-5H2,1H3/t6-,8+/m1/s1. The van der Waals surface area contributed by atoms with Crippen LogP contribution in [0, 0.1) is 0 Å². The minimum absolute atomic E-state index is 0.266. The van der Waals surface area contributed by atoms with Gasteiger partial charge in [-0.25, -0.2) is 8.78 Å². The van der Waals surface area contributed by atoms with Gasteiger partial charge in [-0.05, 0) is 6.42 Å². The van der Waals surface area contributed by atoms with E-state index in [2.05, 4.69) is 9.84 Å². The van der Waals surface area contributed by atoms with E-state index in [1.54, 1.807) is 0 Å². The summed E-state index contributed by atoms with van der Waals surface area (Å²) >= 11 is 0. The first-order chi connectivity index (χ1) is 11.4. The Bertz CT molecular complexity index is 711. The maximum Gasteiger partial charge on any atom is 0.435 e. The number of hydrogen-bond acceptors (Lipinski definition) is 3. The number of aromatic nitrogens is 2. The molecule has 1 fully saturated rings. The Kier molecular flexibility index (Phi) is 3.94. The van der Waals surface area contributed by atoms with E-state index in [0.717, 1.165) is 7.11 Å². The van der Waals surface area contributed by atoms with E-state index in [1.165, 1.54) is 0 Å². The third-order valence-electron chi connectivity index (χ3n) is 4.63. The lowest BCUT2D eigenvalue weighted by Gasteiger charge is -2.35. The SMILES string of the molecule is CO[C@H]1C[C@H](n2nc(C(F)(F)F)c3c2CC(F)(F)C3=O)CCC1(F)F. The zero-order chi connectivity index (χ0) is 18.8. The van der Waals surface area contributed by atoms with E-state index in [1.807, 2.05) is 0 Å². The summed E-state index contributed by atoms with van der Waals surface area (Å²) in [4.78, 5) is 11.7. The van der Waals surface area contributed by atoms with Gasteiger partial charge < -0.3 is 4.74 Å². The van der Waals surface area contributed by atoms with Crippen LogP contribution in [0.2, 0.25) is 0 Å². The third-order valence-corrected chi connectivity index (χ3v) is 4.63. The van der Waals surface area contributed by atoms with Gasteiger partial charge in [0.1, 0.15) is 6.10 Å². The van der Waals surface area contributed by atoms with Crippen molar-refractivity contribution < 1.29 is 40.3 Å². The average molecular weight is 374 g/mol. The Morgan fingerprint density at radius 2 is 1.88 bits per heavy atom. The molecule has 0 N–H and O–H groups in total. The zero-order valence-corrected chi connectivity index (χ0v) is 12.8. The van der Waals surface area contributed by atoms with Crippen LogP contribution in [0.25, 0.3) is 0 Å². The molecule has 0 unspecified atom stereocenters. The first-order valence-corrected chi connectivity index (χ1v) is 7.40. The van der Waals surface area contributed by atoms with Gasteiger partial charge in [-0.1, -0.05) is 0 Å². The summed E-state index contributed by atoms with van der Waals surface area (Å²) in [5, 5.41) is 3.30. The van der Waals surface area contributed by atoms with Gasteiger partial charge >= 0.3 is 12.1 Å². The van der Waals surface area contributed by atoms with E-state index in [4.69, 9.17) is 0 Å². The highest BCUT2D eigenvalue weighted by molar-refractivity contribution is 6.06. The Morgan fingerprint density at radius 1 is 1.24 bits per heavy atom. The summed E-state index contributed by atoms with van der Waals surface area (Å²) in [7, 11) is 1.04. The molecule has 0 bridgehead atoms. The smallest absolute Gasteiger partial charge is 0.375 e. The number of halogens is 7. The molecular weight excluding hydrogens is 361 g/mol. The van der Waals surface area contributed by atoms with Crippen molar-refractivity contribution in [2.24, 2.45) is 0 Å². The van der Waals surface area contributed by atoms with Gasteiger partial charge in [0.2, 0.25) is 5.78 Å². The molecule has 4 nitrogen and oxygen atoms in total.